The molecule has 130 valence electrons. The van der Waals surface area contributed by atoms with E-state index in [1.807, 2.05) is 42.5 Å². The van der Waals surface area contributed by atoms with Crippen LogP contribution < -0.4 is 0 Å². The maximum absolute atomic E-state index is 13.1. The Morgan fingerprint density at radius 1 is 1.00 bits per heavy atom. The van der Waals surface area contributed by atoms with E-state index < -0.39 is 5.60 Å². The number of hydrogen-bond donors (Lipinski definition) is 0. The number of aryl methyl sites for hydroxylation is 1. The van der Waals surface area contributed by atoms with Crippen molar-refractivity contribution in [1.82, 2.24) is 0 Å². The van der Waals surface area contributed by atoms with Crippen LogP contribution in [0.5, 0.6) is 0 Å². The van der Waals surface area contributed by atoms with Crippen LogP contribution in [0.1, 0.15) is 54.9 Å². The Labute approximate surface area is 149 Å². The van der Waals surface area contributed by atoms with Crippen LogP contribution in [0.15, 0.2) is 54.6 Å². The lowest BCUT2D eigenvalue weighted by atomic mass is 9.91. The second-order valence-electron chi connectivity index (χ2n) is 7.18. The van der Waals surface area contributed by atoms with E-state index in [1.165, 1.54) is 12.0 Å². The summed E-state index contributed by atoms with van der Waals surface area (Å²) in [6, 6.07) is 17.9. The third-order valence-electron chi connectivity index (χ3n) is 5.33. The van der Waals surface area contributed by atoms with Crippen LogP contribution in [0.3, 0.4) is 0 Å². The lowest BCUT2D eigenvalue weighted by molar-refractivity contribution is -0.157. The summed E-state index contributed by atoms with van der Waals surface area (Å²) in [6.45, 7) is 2.05. The first-order chi connectivity index (χ1) is 12.2. The van der Waals surface area contributed by atoms with Gasteiger partial charge in [-0.2, -0.15) is 0 Å². The molecule has 1 aliphatic carbocycles. The molecule has 0 spiro atoms. The van der Waals surface area contributed by atoms with Crippen LogP contribution in [-0.4, -0.2) is 12.1 Å². The van der Waals surface area contributed by atoms with Gasteiger partial charge in [-0.05, 0) is 43.7 Å². The van der Waals surface area contributed by atoms with Crippen molar-refractivity contribution in [1.29, 1.82) is 0 Å². The molecule has 1 heterocycles. The first kappa shape index (κ1) is 16.3. The third kappa shape index (κ3) is 3.09. The van der Waals surface area contributed by atoms with Crippen molar-refractivity contribution in [3.05, 3.63) is 71.3 Å². The lowest BCUT2D eigenvalue weighted by Gasteiger charge is -2.24. The number of hydrogen-bond acceptors (Lipinski definition) is 3. The van der Waals surface area contributed by atoms with Crippen molar-refractivity contribution in [3.8, 4) is 0 Å². The van der Waals surface area contributed by atoms with E-state index in [4.69, 9.17) is 9.47 Å². The lowest BCUT2D eigenvalue weighted by Crippen LogP contribution is -2.31. The van der Waals surface area contributed by atoms with Crippen molar-refractivity contribution in [2.75, 3.05) is 0 Å². The van der Waals surface area contributed by atoms with E-state index in [0.29, 0.717) is 0 Å². The van der Waals surface area contributed by atoms with Crippen LogP contribution in [-0.2, 0) is 19.9 Å². The van der Waals surface area contributed by atoms with Gasteiger partial charge < -0.3 is 9.47 Å². The van der Waals surface area contributed by atoms with Gasteiger partial charge in [-0.15, -0.1) is 0 Å². The minimum atomic E-state index is -0.992. The van der Waals surface area contributed by atoms with Gasteiger partial charge in [0.2, 0.25) is 5.60 Å². The summed E-state index contributed by atoms with van der Waals surface area (Å²) in [5.74, 6) is -0.240. The molecule has 2 aliphatic rings. The average molecular weight is 336 g/mol. The summed E-state index contributed by atoms with van der Waals surface area (Å²) in [7, 11) is 0. The summed E-state index contributed by atoms with van der Waals surface area (Å²) in [6.07, 6.45) is 5.20. The largest absolute Gasteiger partial charge is 0.460 e. The van der Waals surface area contributed by atoms with E-state index in [9.17, 15) is 4.79 Å². The fraction of sp³-hybridized carbons (Fsp3) is 0.409. The van der Waals surface area contributed by atoms with Gasteiger partial charge in [0.05, 0.1) is 0 Å². The second-order valence-corrected chi connectivity index (χ2v) is 7.18. The van der Waals surface area contributed by atoms with Gasteiger partial charge in [0, 0.05) is 0 Å². The van der Waals surface area contributed by atoms with Gasteiger partial charge in [-0.1, -0.05) is 66.6 Å². The van der Waals surface area contributed by atoms with Crippen LogP contribution in [0.4, 0.5) is 0 Å². The number of carbonyl (C=O) groups excluding carboxylic acids is 1. The Bertz CT molecular complexity index is 732. The van der Waals surface area contributed by atoms with Crippen molar-refractivity contribution in [3.63, 3.8) is 0 Å². The molecule has 2 atom stereocenters. The molecule has 2 unspecified atom stereocenters. The molecule has 0 amide bonds. The van der Waals surface area contributed by atoms with Crippen LogP contribution in [0.25, 0.3) is 0 Å². The molecule has 2 aromatic rings. The van der Waals surface area contributed by atoms with Gasteiger partial charge in [0.25, 0.3) is 0 Å². The first-order valence-electron chi connectivity index (χ1n) is 9.21. The highest BCUT2D eigenvalue weighted by atomic mass is 16.7. The summed E-state index contributed by atoms with van der Waals surface area (Å²) >= 11 is 0. The average Bonchev–Trinajstić information content (AvgIpc) is 3.41. The number of benzene rings is 2. The molecule has 1 saturated carbocycles. The smallest absolute Gasteiger partial charge is 0.346 e. The van der Waals surface area contributed by atoms with E-state index >= 15 is 0 Å². The minimum absolute atomic E-state index is 0.0321. The van der Waals surface area contributed by atoms with Crippen LogP contribution >= 0.6 is 0 Å². The number of esters is 1. The molecule has 4 rings (SSSR count). The molecule has 0 bridgehead atoms. The second kappa shape index (κ2) is 6.64. The van der Waals surface area contributed by atoms with Gasteiger partial charge >= 0.3 is 5.97 Å². The molecular formula is C22H24O3. The Morgan fingerprint density at radius 3 is 2.36 bits per heavy atom. The predicted molar refractivity (Wildman–Crippen MR) is 96.1 cm³/mol. The Hall–Kier alpha value is -2.13. The molecule has 1 saturated heterocycles. The van der Waals surface area contributed by atoms with Crippen molar-refractivity contribution in [2.45, 2.75) is 56.8 Å². The van der Waals surface area contributed by atoms with Gasteiger partial charge in [-0.25, -0.2) is 4.79 Å². The summed E-state index contributed by atoms with van der Waals surface area (Å²) in [5.41, 5.74) is 2.10. The van der Waals surface area contributed by atoms with Crippen molar-refractivity contribution < 1.29 is 14.3 Å². The first-order valence-corrected chi connectivity index (χ1v) is 9.21. The molecule has 0 radical (unpaired) electrons. The normalized spacial score (nSPS) is 26.2. The summed E-state index contributed by atoms with van der Waals surface area (Å²) in [4.78, 5) is 13.1. The Balaban J connectivity index is 1.61. The van der Waals surface area contributed by atoms with Gasteiger partial charge in [0.1, 0.15) is 12.2 Å². The topological polar surface area (TPSA) is 38.8 Å². The molecule has 3 nitrogen and oxygen atoms in total. The molecule has 25 heavy (non-hydrogen) atoms. The Kier molecular flexibility index (Phi) is 4.34. The molecule has 2 aromatic carbocycles. The number of carbonyl (C=O) groups is 1. The molecule has 0 N–H and O–H groups in total. The number of epoxide rings is 1. The monoisotopic (exact) mass is 336 g/mol. The molecule has 2 fully saturated rings. The summed E-state index contributed by atoms with van der Waals surface area (Å²) < 4.78 is 11.9. The highest BCUT2D eigenvalue weighted by Gasteiger charge is 2.66. The fourth-order valence-electron chi connectivity index (χ4n) is 3.80. The Morgan fingerprint density at radius 2 is 1.68 bits per heavy atom. The molecule has 0 aromatic heterocycles. The molecule has 3 heteroatoms. The fourth-order valence-corrected chi connectivity index (χ4v) is 3.80. The van der Waals surface area contributed by atoms with Gasteiger partial charge in [-0.3, -0.25) is 0 Å². The van der Waals surface area contributed by atoms with Crippen LogP contribution in [0, 0.1) is 6.92 Å². The zero-order valence-electron chi connectivity index (χ0n) is 14.6. The standard InChI is InChI=1S/C22H24O3/c1-16-12-14-17(15-13-16)20-22(25-20,18-8-4-2-5-9-18)21(23)24-19-10-6-3-7-11-19/h2,4-5,8-9,12-15,19-20H,3,6-7,10-11H2,1H3. The molecular weight excluding hydrogens is 312 g/mol. The highest BCUT2D eigenvalue weighted by molar-refractivity contribution is 5.86. The maximum atomic E-state index is 13.1. The zero-order chi connectivity index (χ0) is 17.3. The maximum Gasteiger partial charge on any atom is 0.346 e. The summed E-state index contributed by atoms with van der Waals surface area (Å²) in [5, 5.41) is 0. The molecule has 1 aliphatic heterocycles. The van der Waals surface area contributed by atoms with Crippen molar-refractivity contribution >= 4 is 5.97 Å². The van der Waals surface area contributed by atoms with E-state index in [0.717, 1.165) is 36.8 Å². The number of rotatable bonds is 4. The SMILES string of the molecule is Cc1ccc(C2OC2(C(=O)OC2CCCCC2)c2ccccc2)cc1. The van der Waals surface area contributed by atoms with Gasteiger partial charge in [0.15, 0.2) is 0 Å². The minimum Gasteiger partial charge on any atom is -0.460 e. The van der Waals surface area contributed by atoms with E-state index in [2.05, 4.69) is 19.1 Å². The number of ether oxygens (including phenoxy) is 2. The highest BCUT2D eigenvalue weighted by Crippen LogP contribution is 2.58. The van der Waals surface area contributed by atoms with E-state index in [-0.39, 0.29) is 18.2 Å². The quantitative estimate of drug-likeness (QED) is 0.592. The van der Waals surface area contributed by atoms with Crippen LogP contribution in [0.2, 0.25) is 0 Å². The van der Waals surface area contributed by atoms with E-state index in [1.54, 1.807) is 0 Å². The van der Waals surface area contributed by atoms with Crippen molar-refractivity contribution in [2.24, 2.45) is 0 Å². The predicted octanol–water partition coefficient (Wildman–Crippen LogP) is 4.84. The zero-order valence-corrected chi connectivity index (χ0v) is 14.6. The third-order valence-corrected chi connectivity index (χ3v) is 5.33.